The van der Waals surface area contributed by atoms with E-state index in [0.717, 1.165) is 37.0 Å². The van der Waals surface area contributed by atoms with Crippen LogP contribution in [0.25, 0.3) is 0 Å². The summed E-state index contributed by atoms with van der Waals surface area (Å²) in [4.78, 5) is 25.4. The molecule has 1 aromatic carbocycles. The largest absolute Gasteiger partial charge is 0.494 e. The third-order valence-corrected chi connectivity index (χ3v) is 6.92. The number of unbranched alkanes of at least 4 members (excludes halogenated alkanes) is 2. The number of nitrogens with one attached hydrogen (secondary N) is 1. The maximum Gasteiger partial charge on any atom is 0.328 e. The molecule has 2 rings (SSSR count). The Balaban J connectivity index is 2.02. The summed E-state index contributed by atoms with van der Waals surface area (Å²) in [6.45, 7) is 5.00. The Morgan fingerprint density at radius 2 is 1.75 bits per heavy atom. The highest BCUT2D eigenvalue weighted by molar-refractivity contribution is 7.86. The zero-order valence-corrected chi connectivity index (χ0v) is 19.7. The third kappa shape index (κ3) is 8.43. The van der Waals surface area contributed by atoms with Crippen LogP contribution in [0, 0.1) is 5.92 Å². The lowest BCUT2D eigenvalue weighted by Crippen LogP contribution is -2.45. The Hall–Kier alpha value is -2.13. The second kappa shape index (κ2) is 12.8. The predicted octanol–water partition coefficient (Wildman–Crippen LogP) is 3.29. The van der Waals surface area contributed by atoms with Crippen LogP contribution in [0.4, 0.5) is 0 Å². The third-order valence-electron chi connectivity index (χ3n) is 5.65. The average Bonchev–Trinajstić information content (AvgIpc) is 3.26. The molecule has 1 aromatic rings. The van der Waals surface area contributed by atoms with Gasteiger partial charge in [0.15, 0.2) is 0 Å². The van der Waals surface area contributed by atoms with E-state index in [1.54, 1.807) is 0 Å². The first-order chi connectivity index (χ1) is 15.2. The Morgan fingerprint density at radius 1 is 1.09 bits per heavy atom. The minimum absolute atomic E-state index is 0.0477. The first-order valence-electron chi connectivity index (χ1n) is 11.4. The molecular formula is C23H35NO7S. The first kappa shape index (κ1) is 26.1. The Morgan fingerprint density at radius 3 is 2.34 bits per heavy atom. The van der Waals surface area contributed by atoms with Gasteiger partial charge in [0, 0.05) is 12.3 Å². The molecule has 1 fully saturated rings. The van der Waals surface area contributed by atoms with Crippen LogP contribution in [-0.2, 0) is 30.9 Å². The van der Waals surface area contributed by atoms with Crippen molar-refractivity contribution >= 4 is 22.0 Å². The molecule has 3 atom stereocenters. The summed E-state index contributed by atoms with van der Waals surface area (Å²) in [5, 5.41) is 1.80. The summed E-state index contributed by atoms with van der Waals surface area (Å²) in [7, 11) is -4.17. The lowest BCUT2D eigenvalue weighted by Gasteiger charge is -2.20. The van der Waals surface area contributed by atoms with Crippen molar-refractivity contribution in [3.8, 4) is 5.75 Å². The Labute approximate surface area is 190 Å². The molecule has 1 saturated carbocycles. The van der Waals surface area contributed by atoms with E-state index in [2.05, 4.69) is 12.2 Å². The number of ether oxygens (including phenoxy) is 2. The molecule has 1 aliphatic rings. The number of benzene rings is 1. The molecule has 1 aliphatic carbocycles. The maximum absolute atomic E-state index is 12.7. The summed E-state index contributed by atoms with van der Waals surface area (Å²) in [5.74, 6) is -0.731. The normalized spacial score (nSPS) is 19.3. The van der Waals surface area contributed by atoms with E-state index >= 15 is 0 Å². The molecule has 2 unspecified atom stereocenters. The SMILES string of the molecule is CCCCOC(=O)[C@H](Cc1ccc(OCCCC)cc1)NC(=O)C1CCC(S(=O)(=O)O)C1. The van der Waals surface area contributed by atoms with Crippen molar-refractivity contribution in [1.29, 1.82) is 0 Å². The lowest BCUT2D eigenvalue weighted by molar-refractivity contribution is -0.148. The highest BCUT2D eigenvalue weighted by Crippen LogP contribution is 2.30. The van der Waals surface area contributed by atoms with E-state index in [1.165, 1.54) is 0 Å². The lowest BCUT2D eigenvalue weighted by atomic mass is 10.0. The monoisotopic (exact) mass is 469 g/mol. The number of carbonyl (C=O) groups is 2. The van der Waals surface area contributed by atoms with E-state index in [4.69, 9.17) is 9.47 Å². The molecule has 0 spiro atoms. The van der Waals surface area contributed by atoms with E-state index in [-0.39, 0.29) is 25.9 Å². The minimum atomic E-state index is -4.17. The molecule has 0 aliphatic heterocycles. The quantitative estimate of drug-likeness (QED) is 0.258. The van der Waals surface area contributed by atoms with Gasteiger partial charge in [-0.15, -0.1) is 0 Å². The van der Waals surface area contributed by atoms with Crippen LogP contribution < -0.4 is 10.1 Å². The van der Waals surface area contributed by atoms with Crippen molar-refractivity contribution in [1.82, 2.24) is 5.32 Å². The van der Waals surface area contributed by atoms with Gasteiger partial charge in [-0.05, 0) is 49.8 Å². The van der Waals surface area contributed by atoms with Gasteiger partial charge < -0.3 is 14.8 Å². The maximum atomic E-state index is 12.7. The standard InChI is InChI=1S/C23H35NO7S/c1-3-5-13-30-19-10-7-17(8-11-19)15-21(23(26)31-14-6-4-2)24-22(25)18-9-12-20(16-18)32(27,28)29/h7-8,10-11,18,20-21H,3-6,9,12-16H2,1-2H3,(H,24,25)(H,27,28,29)/t18?,20?,21-/m0/s1. The summed E-state index contributed by atoms with van der Waals surface area (Å²) in [6, 6.07) is 6.49. The Bertz CT molecular complexity index is 838. The van der Waals surface area contributed by atoms with Crippen LogP contribution in [0.3, 0.4) is 0 Å². The van der Waals surface area contributed by atoms with Crippen molar-refractivity contribution < 1.29 is 32.0 Å². The Kier molecular flexibility index (Phi) is 10.4. The van der Waals surface area contributed by atoms with Gasteiger partial charge in [-0.3, -0.25) is 9.35 Å². The number of esters is 1. The van der Waals surface area contributed by atoms with Crippen LogP contribution in [0.2, 0.25) is 0 Å². The van der Waals surface area contributed by atoms with Crippen LogP contribution >= 0.6 is 0 Å². The number of amides is 1. The van der Waals surface area contributed by atoms with Crippen LogP contribution in [-0.4, -0.2) is 49.4 Å². The average molecular weight is 470 g/mol. The summed E-state index contributed by atoms with van der Waals surface area (Å²) < 4.78 is 43.0. The molecule has 1 amide bonds. The minimum Gasteiger partial charge on any atom is -0.494 e. The highest BCUT2D eigenvalue weighted by atomic mass is 32.2. The predicted molar refractivity (Wildman–Crippen MR) is 121 cm³/mol. The topological polar surface area (TPSA) is 119 Å². The van der Waals surface area contributed by atoms with Crippen molar-refractivity contribution in [3.05, 3.63) is 29.8 Å². The fraction of sp³-hybridized carbons (Fsp3) is 0.652. The fourth-order valence-corrected chi connectivity index (χ4v) is 4.55. The summed E-state index contributed by atoms with van der Waals surface area (Å²) in [5.41, 5.74) is 0.841. The molecule has 180 valence electrons. The number of rotatable bonds is 13. The number of hydrogen-bond acceptors (Lipinski definition) is 6. The highest BCUT2D eigenvalue weighted by Gasteiger charge is 2.37. The zero-order chi connectivity index (χ0) is 23.6. The number of carbonyl (C=O) groups excluding carboxylic acids is 2. The van der Waals surface area contributed by atoms with Gasteiger partial charge in [-0.25, -0.2) is 4.79 Å². The first-order valence-corrected chi connectivity index (χ1v) is 12.9. The van der Waals surface area contributed by atoms with Gasteiger partial charge in [-0.1, -0.05) is 38.8 Å². The molecule has 8 nitrogen and oxygen atoms in total. The van der Waals surface area contributed by atoms with Gasteiger partial charge >= 0.3 is 5.97 Å². The summed E-state index contributed by atoms with van der Waals surface area (Å²) in [6.07, 6.45) is 4.49. The molecule has 0 heterocycles. The molecule has 0 radical (unpaired) electrons. The summed E-state index contributed by atoms with van der Waals surface area (Å²) >= 11 is 0. The second-order valence-electron chi connectivity index (χ2n) is 8.28. The molecule has 0 aromatic heterocycles. The van der Waals surface area contributed by atoms with Crippen LogP contribution in [0.5, 0.6) is 5.75 Å². The molecule has 2 N–H and O–H groups in total. The fourth-order valence-electron chi connectivity index (χ4n) is 3.64. The van der Waals surface area contributed by atoms with E-state index in [1.807, 2.05) is 31.2 Å². The van der Waals surface area contributed by atoms with Crippen LogP contribution in [0.1, 0.15) is 64.4 Å². The van der Waals surface area contributed by atoms with Crippen molar-refractivity contribution in [3.63, 3.8) is 0 Å². The molecular weight excluding hydrogens is 434 g/mol. The van der Waals surface area contributed by atoms with Gasteiger partial charge in [0.2, 0.25) is 5.91 Å². The van der Waals surface area contributed by atoms with Gasteiger partial charge in [0.25, 0.3) is 10.1 Å². The smallest absolute Gasteiger partial charge is 0.328 e. The van der Waals surface area contributed by atoms with E-state index < -0.39 is 39.2 Å². The second-order valence-corrected chi connectivity index (χ2v) is 9.98. The molecule has 0 bridgehead atoms. The molecule has 0 saturated heterocycles. The van der Waals surface area contributed by atoms with E-state index in [0.29, 0.717) is 13.0 Å². The van der Waals surface area contributed by atoms with Crippen molar-refractivity contribution in [2.24, 2.45) is 5.92 Å². The molecule has 9 heteroatoms. The molecule has 32 heavy (non-hydrogen) atoms. The van der Waals surface area contributed by atoms with Gasteiger partial charge in [0.1, 0.15) is 11.8 Å². The van der Waals surface area contributed by atoms with Crippen molar-refractivity contribution in [2.75, 3.05) is 13.2 Å². The van der Waals surface area contributed by atoms with Crippen molar-refractivity contribution in [2.45, 2.75) is 76.5 Å². The van der Waals surface area contributed by atoms with Crippen LogP contribution in [0.15, 0.2) is 24.3 Å². The van der Waals surface area contributed by atoms with E-state index in [9.17, 15) is 22.6 Å². The zero-order valence-electron chi connectivity index (χ0n) is 18.9. The van der Waals surface area contributed by atoms with Gasteiger partial charge in [0.05, 0.1) is 18.5 Å². The van der Waals surface area contributed by atoms with Gasteiger partial charge in [-0.2, -0.15) is 8.42 Å². The number of hydrogen-bond donors (Lipinski definition) is 2.